The molecule has 0 fully saturated rings. The third-order valence-electron chi connectivity index (χ3n) is 4.05. The Morgan fingerprint density at radius 1 is 1.14 bits per heavy atom. The number of rotatable bonds is 7. The van der Waals surface area contributed by atoms with E-state index in [1.165, 1.54) is 0 Å². The van der Waals surface area contributed by atoms with Crippen molar-refractivity contribution in [2.45, 2.75) is 66.5 Å². The lowest BCUT2D eigenvalue weighted by molar-refractivity contribution is 0.504. The Bertz CT molecular complexity index is 451. The minimum Gasteiger partial charge on any atom is -0.368 e. The topological polar surface area (TPSA) is 29.3 Å². The molecule has 2 nitrogen and oxygen atoms in total. The molecule has 21 heavy (non-hydrogen) atoms. The van der Waals surface area contributed by atoms with Crippen molar-refractivity contribution < 1.29 is 4.39 Å². The van der Waals surface area contributed by atoms with E-state index >= 15 is 0 Å². The van der Waals surface area contributed by atoms with E-state index in [-0.39, 0.29) is 11.9 Å². The highest BCUT2D eigenvalue weighted by Crippen LogP contribution is 2.31. The summed E-state index contributed by atoms with van der Waals surface area (Å²) in [5, 5.41) is 0. The molecule has 0 radical (unpaired) electrons. The molecule has 0 aliphatic rings. The summed E-state index contributed by atoms with van der Waals surface area (Å²) in [5.74, 6) is 0.386. The van der Waals surface area contributed by atoms with Gasteiger partial charge in [0.15, 0.2) is 0 Å². The average Bonchev–Trinajstić information content (AvgIpc) is 2.41. The Morgan fingerprint density at radius 3 is 2.14 bits per heavy atom. The van der Waals surface area contributed by atoms with Crippen molar-refractivity contribution in [2.75, 3.05) is 11.4 Å². The van der Waals surface area contributed by atoms with Crippen LogP contribution in [0, 0.1) is 18.7 Å². The van der Waals surface area contributed by atoms with Crippen molar-refractivity contribution >= 4 is 5.69 Å². The Morgan fingerprint density at radius 2 is 1.71 bits per heavy atom. The Balaban J connectivity index is 3.37. The van der Waals surface area contributed by atoms with E-state index in [2.05, 4.69) is 32.6 Å². The summed E-state index contributed by atoms with van der Waals surface area (Å²) >= 11 is 0. The SMILES string of the molecule is CCC(CC)N(CC(C)C)c1cc(C)c(F)cc1[C@@H](C)N. The first-order valence-electron chi connectivity index (χ1n) is 8.13. The van der Waals surface area contributed by atoms with Crippen LogP contribution in [0.15, 0.2) is 12.1 Å². The van der Waals surface area contributed by atoms with E-state index in [0.717, 1.165) is 30.6 Å². The molecule has 0 unspecified atom stereocenters. The van der Waals surface area contributed by atoms with Crippen LogP contribution in [-0.4, -0.2) is 12.6 Å². The molecule has 0 spiro atoms. The van der Waals surface area contributed by atoms with Crippen LogP contribution in [0.4, 0.5) is 10.1 Å². The van der Waals surface area contributed by atoms with Gasteiger partial charge >= 0.3 is 0 Å². The lowest BCUT2D eigenvalue weighted by Crippen LogP contribution is -2.38. The third kappa shape index (κ3) is 4.44. The van der Waals surface area contributed by atoms with Crippen LogP contribution in [0.25, 0.3) is 0 Å². The zero-order chi connectivity index (χ0) is 16.2. The molecule has 120 valence electrons. The molecule has 0 aromatic heterocycles. The minimum atomic E-state index is -0.167. The van der Waals surface area contributed by atoms with E-state index in [9.17, 15) is 4.39 Å². The highest BCUT2D eigenvalue weighted by molar-refractivity contribution is 5.58. The second kappa shape index (κ2) is 7.79. The zero-order valence-electron chi connectivity index (χ0n) is 14.4. The number of nitrogens with two attached hydrogens (primary N) is 1. The van der Waals surface area contributed by atoms with Gasteiger partial charge in [-0.25, -0.2) is 4.39 Å². The number of hydrogen-bond donors (Lipinski definition) is 1. The maximum Gasteiger partial charge on any atom is 0.126 e. The zero-order valence-corrected chi connectivity index (χ0v) is 14.4. The predicted molar refractivity (Wildman–Crippen MR) is 90.3 cm³/mol. The van der Waals surface area contributed by atoms with Crippen molar-refractivity contribution in [1.29, 1.82) is 0 Å². The number of halogens is 1. The molecule has 1 rings (SSSR count). The fraction of sp³-hybridized carbons (Fsp3) is 0.667. The standard InChI is InChI=1S/C18H31FN2/c1-7-15(8-2)21(11-12(3)4)18-9-13(5)17(19)10-16(18)14(6)20/h9-10,12,14-15H,7-8,11,20H2,1-6H3/t14-/m1/s1. The molecule has 0 saturated heterocycles. The molecule has 3 heteroatoms. The molecule has 1 aromatic carbocycles. The maximum atomic E-state index is 13.9. The molecule has 0 amide bonds. The summed E-state index contributed by atoms with van der Waals surface area (Å²) in [7, 11) is 0. The molecule has 1 aromatic rings. The van der Waals surface area contributed by atoms with Crippen molar-refractivity contribution in [2.24, 2.45) is 11.7 Å². The van der Waals surface area contributed by atoms with Crippen LogP contribution < -0.4 is 10.6 Å². The minimum absolute atomic E-state index is 0.167. The first-order valence-corrected chi connectivity index (χ1v) is 8.13. The van der Waals surface area contributed by atoms with Gasteiger partial charge in [-0.2, -0.15) is 0 Å². The number of benzene rings is 1. The van der Waals surface area contributed by atoms with Gasteiger partial charge in [-0.05, 0) is 55.9 Å². The van der Waals surface area contributed by atoms with Crippen molar-refractivity contribution in [3.63, 3.8) is 0 Å². The van der Waals surface area contributed by atoms with Gasteiger partial charge in [0.25, 0.3) is 0 Å². The van der Waals surface area contributed by atoms with Crippen LogP contribution in [-0.2, 0) is 0 Å². The average molecular weight is 294 g/mol. The van der Waals surface area contributed by atoms with Gasteiger partial charge in [0.1, 0.15) is 5.82 Å². The summed E-state index contributed by atoms with van der Waals surface area (Å²) < 4.78 is 13.9. The van der Waals surface area contributed by atoms with E-state index in [4.69, 9.17) is 5.73 Å². The molecule has 0 bridgehead atoms. The Hall–Kier alpha value is -1.09. The van der Waals surface area contributed by atoms with Gasteiger partial charge < -0.3 is 10.6 Å². The normalized spacial score (nSPS) is 13.0. The van der Waals surface area contributed by atoms with Gasteiger partial charge in [-0.3, -0.25) is 0 Å². The molecule has 1 atom stereocenters. The maximum absolute atomic E-state index is 13.9. The highest BCUT2D eigenvalue weighted by Gasteiger charge is 2.22. The van der Waals surface area contributed by atoms with Crippen molar-refractivity contribution in [1.82, 2.24) is 0 Å². The van der Waals surface area contributed by atoms with Gasteiger partial charge in [0.05, 0.1) is 0 Å². The van der Waals surface area contributed by atoms with Gasteiger partial charge in [0.2, 0.25) is 0 Å². The molecular weight excluding hydrogens is 263 g/mol. The van der Waals surface area contributed by atoms with Crippen LogP contribution in [0.2, 0.25) is 0 Å². The second-order valence-electron chi connectivity index (χ2n) is 6.47. The Labute approximate surface area is 129 Å². The fourth-order valence-electron chi connectivity index (χ4n) is 2.86. The quantitative estimate of drug-likeness (QED) is 0.782. The number of aryl methyl sites for hydroxylation is 1. The molecule has 0 heterocycles. The predicted octanol–water partition coefficient (Wildman–Crippen LogP) is 4.80. The molecule has 0 saturated carbocycles. The van der Waals surface area contributed by atoms with Gasteiger partial charge in [-0.1, -0.05) is 27.7 Å². The summed E-state index contributed by atoms with van der Waals surface area (Å²) in [6, 6.07) is 3.88. The summed E-state index contributed by atoms with van der Waals surface area (Å²) in [5.41, 5.74) is 8.79. The monoisotopic (exact) mass is 294 g/mol. The van der Waals surface area contributed by atoms with Crippen LogP contribution in [0.5, 0.6) is 0 Å². The fourth-order valence-corrected chi connectivity index (χ4v) is 2.86. The van der Waals surface area contributed by atoms with E-state index in [0.29, 0.717) is 17.5 Å². The summed E-state index contributed by atoms with van der Waals surface area (Å²) in [4.78, 5) is 2.43. The van der Waals surface area contributed by atoms with E-state index in [1.54, 1.807) is 6.07 Å². The lowest BCUT2D eigenvalue weighted by Gasteiger charge is -2.36. The summed E-state index contributed by atoms with van der Waals surface area (Å²) in [6.07, 6.45) is 2.16. The highest BCUT2D eigenvalue weighted by atomic mass is 19.1. The molecule has 0 aliphatic carbocycles. The number of nitrogens with zero attached hydrogens (tertiary/aromatic N) is 1. The lowest BCUT2D eigenvalue weighted by atomic mass is 9.99. The smallest absolute Gasteiger partial charge is 0.126 e. The number of hydrogen-bond acceptors (Lipinski definition) is 2. The van der Waals surface area contributed by atoms with Gasteiger partial charge in [-0.15, -0.1) is 0 Å². The molecule has 2 N–H and O–H groups in total. The summed E-state index contributed by atoms with van der Waals surface area (Å²) in [6.45, 7) is 13.6. The van der Waals surface area contributed by atoms with Crippen LogP contribution in [0.3, 0.4) is 0 Å². The van der Waals surface area contributed by atoms with E-state index in [1.807, 2.05) is 19.9 Å². The van der Waals surface area contributed by atoms with Crippen LogP contribution in [0.1, 0.15) is 64.6 Å². The van der Waals surface area contributed by atoms with Gasteiger partial charge in [0, 0.05) is 24.3 Å². The first kappa shape index (κ1) is 18.0. The molecule has 0 aliphatic heterocycles. The Kier molecular flexibility index (Phi) is 6.66. The van der Waals surface area contributed by atoms with Crippen molar-refractivity contribution in [3.8, 4) is 0 Å². The molecular formula is C18H31FN2. The first-order chi connectivity index (χ1) is 9.81. The second-order valence-corrected chi connectivity index (χ2v) is 6.47. The largest absolute Gasteiger partial charge is 0.368 e. The van der Waals surface area contributed by atoms with Crippen molar-refractivity contribution in [3.05, 3.63) is 29.1 Å². The van der Waals surface area contributed by atoms with E-state index < -0.39 is 0 Å². The third-order valence-corrected chi connectivity index (χ3v) is 4.05. The number of anilines is 1. The van der Waals surface area contributed by atoms with Crippen LogP contribution >= 0.6 is 0 Å².